The second-order valence-electron chi connectivity index (χ2n) is 6.39. The largest absolute Gasteiger partial charge is 0.497 e. The standard InChI is InChI=1S/C20H21NO6S2/c1-15-5-9-17(10-6-15)28(22,23)20(19-4-3-13-27-19)14-21-29(24,25)18-11-7-16(26-2)8-12-18/h3-13,20-21H,14H2,1-2H3/t20-/m0/s1. The molecule has 0 saturated heterocycles. The Morgan fingerprint density at radius 1 is 0.931 bits per heavy atom. The van der Waals surface area contributed by atoms with Gasteiger partial charge in [0, 0.05) is 6.54 Å². The number of benzene rings is 2. The Bertz CT molecular complexity index is 1150. The van der Waals surface area contributed by atoms with E-state index in [1.165, 1.54) is 55.8 Å². The van der Waals surface area contributed by atoms with Gasteiger partial charge in [0.05, 0.1) is 23.2 Å². The van der Waals surface area contributed by atoms with E-state index in [9.17, 15) is 16.8 Å². The van der Waals surface area contributed by atoms with Crippen LogP contribution in [0.25, 0.3) is 0 Å². The Hall–Kier alpha value is -2.62. The van der Waals surface area contributed by atoms with Crippen molar-refractivity contribution in [2.75, 3.05) is 13.7 Å². The summed E-state index contributed by atoms with van der Waals surface area (Å²) in [5.41, 5.74) is 0.915. The van der Waals surface area contributed by atoms with Crippen LogP contribution in [-0.2, 0) is 19.9 Å². The highest BCUT2D eigenvalue weighted by molar-refractivity contribution is 7.92. The van der Waals surface area contributed by atoms with Gasteiger partial charge in [-0.2, -0.15) is 0 Å². The lowest BCUT2D eigenvalue weighted by Gasteiger charge is -2.17. The average Bonchev–Trinajstić information content (AvgIpc) is 3.22. The van der Waals surface area contributed by atoms with E-state index in [1.807, 2.05) is 6.92 Å². The first-order valence-corrected chi connectivity index (χ1v) is 11.7. The van der Waals surface area contributed by atoms with Gasteiger partial charge in [-0.05, 0) is 55.5 Å². The first kappa shape index (κ1) is 21.1. The second kappa shape index (κ2) is 8.40. The molecule has 0 aliphatic rings. The third-order valence-corrected chi connectivity index (χ3v) is 7.93. The van der Waals surface area contributed by atoms with Crippen molar-refractivity contribution >= 4 is 19.9 Å². The molecule has 154 valence electrons. The number of ether oxygens (including phenoxy) is 1. The highest BCUT2D eigenvalue weighted by atomic mass is 32.2. The maximum absolute atomic E-state index is 13.2. The van der Waals surface area contributed by atoms with Gasteiger partial charge in [0.15, 0.2) is 9.84 Å². The van der Waals surface area contributed by atoms with Crippen LogP contribution in [0.4, 0.5) is 0 Å². The number of methoxy groups -OCH3 is 1. The summed E-state index contributed by atoms with van der Waals surface area (Å²) < 4.78 is 64.3. The molecule has 7 nitrogen and oxygen atoms in total. The zero-order valence-electron chi connectivity index (χ0n) is 15.9. The van der Waals surface area contributed by atoms with Gasteiger partial charge >= 0.3 is 0 Å². The molecule has 3 rings (SSSR count). The Kier molecular flexibility index (Phi) is 6.11. The predicted molar refractivity (Wildman–Crippen MR) is 108 cm³/mol. The summed E-state index contributed by atoms with van der Waals surface area (Å²) in [5, 5.41) is -1.21. The predicted octanol–water partition coefficient (Wildman–Crippen LogP) is 3.09. The minimum absolute atomic E-state index is 0.00392. The molecule has 0 unspecified atom stereocenters. The summed E-state index contributed by atoms with van der Waals surface area (Å²) in [6, 6.07) is 15.2. The van der Waals surface area contributed by atoms with Crippen LogP contribution in [-0.4, -0.2) is 30.5 Å². The van der Waals surface area contributed by atoms with Crippen LogP contribution in [0, 0.1) is 6.92 Å². The Balaban J connectivity index is 1.89. The van der Waals surface area contributed by atoms with E-state index in [-0.39, 0.29) is 22.1 Å². The highest BCUT2D eigenvalue weighted by Crippen LogP contribution is 2.29. The number of rotatable bonds is 8. The van der Waals surface area contributed by atoms with E-state index < -0.39 is 25.1 Å². The maximum Gasteiger partial charge on any atom is 0.240 e. The summed E-state index contributed by atoms with van der Waals surface area (Å²) in [4.78, 5) is 0.0948. The molecule has 0 radical (unpaired) electrons. The van der Waals surface area contributed by atoms with Crippen molar-refractivity contribution in [2.24, 2.45) is 0 Å². The van der Waals surface area contributed by atoms with Gasteiger partial charge in [0.25, 0.3) is 0 Å². The van der Waals surface area contributed by atoms with Gasteiger partial charge in [0.1, 0.15) is 16.8 Å². The molecule has 1 heterocycles. The van der Waals surface area contributed by atoms with Gasteiger partial charge in [0.2, 0.25) is 10.0 Å². The van der Waals surface area contributed by atoms with Crippen molar-refractivity contribution < 1.29 is 26.0 Å². The fourth-order valence-electron chi connectivity index (χ4n) is 2.75. The third kappa shape index (κ3) is 4.69. The van der Waals surface area contributed by atoms with Crippen LogP contribution in [0.3, 0.4) is 0 Å². The zero-order chi connectivity index (χ0) is 21.1. The summed E-state index contributed by atoms with van der Waals surface area (Å²) in [6.45, 7) is 1.47. The van der Waals surface area contributed by atoms with Crippen LogP contribution in [0.1, 0.15) is 16.6 Å². The van der Waals surface area contributed by atoms with E-state index >= 15 is 0 Å². The van der Waals surface area contributed by atoms with Crippen molar-refractivity contribution in [1.29, 1.82) is 0 Å². The SMILES string of the molecule is COc1ccc(S(=O)(=O)NC[C@@H](c2ccco2)S(=O)(=O)c2ccc(C)cc2)cc1. The lowest BCUT2D eigenvalue weighted by Crippen LogP contribution is -2.31. The van der Waals surface area contributed by atoms with Gasteiger partial charge in [-0.1, -0.05) is 17.7 Å². The quantitative estimate of drug-likeness (QED) is 0.583. The topological polar surface area (TPSA) is 103 Å². The van der Waals surface area contributed by atoms with Gasteiger partial charge in [-0.25, -0.2) is 21.6 Å². The van der Waals surface area contributed by atoms with Crippen molar-refractivity contribution in [3.05, 3.63) is 78.3 Å². The monoisotopic (exact) mass is 435 g/mol. The van der Waals surface area contributed by atoms with E-state index in [2.05, 4.69) is 4.72 Å². The van der Waals surface area contributed by atoms with Crippen molar-refractivity contribution in [3.8, 4) is 5.75 Å². The summed E-state index contributed by atoms with van der Waals surface area (Å²) >= 11 is 0. The highest BCUT2D eigenvalue weighted by Gasteiger charge is 2.32. The molecule has 29 heavy (non-hydrogen) atoms. The molecule has 0 spiro atoms. The molecule has 0 saturated carbocycles. The molecule has 0 amide bonds. The van der Waals surface area contributed by atoms with E-state index in [1.54, 1.807) is 18.2 Å². The zero-order valence-corrected chi connectivity index (χ0v) is 17.5. The van der Waals surface area contributed by atoms with Crippen LogP contribution in [0.15, 0.2) is 81.1 Å². The van der Waals surface area contributed by atoms with Crippen LogP contribution in [0.5, 0.6) is 5.75 Å². The number of hydrogen-bond donors (Lipinski definition) is 1. The number of sulfonamides is 1. The Morgan fingerprint density at radius 3 is 2.10 bits per heavy atom. The van der Waals surface area contributed by atoms with Crippen molar-refractivity contribution in [3.63, 3.8) is 0 Å². The minimum Gasteiger partial charge on any atom is -0.497 e. The molecule has 0 aliphatic carbocycles. The van der Waals surface area contributed by atoms with E-state index in [0.29, 0.717) is 5.75 Å². The fourth-order valence-corrected chi connectivity index (χ4v) is 5.49. The number of hydrogen-bond acceptors (Lipinski definition) is 6. The molecule has 2 aromatic carbocycles. The Labute approximate surface area is 170 Å². The lowest BCUT2D eigenvalue weighted by molar-refractivity contribution is 0.414. The van der Waals surface area contributed by atoms with Gasteiger partial charge in [-0.15, -0.1) is 0 Å². The lowest BCUT2D eigenvalue weighted by atomic mass is 10.2. The molecule has 0 fully saturated rings. The van der Waals surface area contributed by atoms with Crippen molar-refractivity contribution in [1.82, 2.24) is 4.72 Å². The summed E-state index contributed by atoms with van der Waals surface area (Å²) in [5.74, 6) is 0.669. The molecule has 1 atom stereocenters. The van der Waals surface area contributed by atoms with Crippen LogP contribution < -0.4 is 9.46 Å². The summed E-state index contributed by atoms with van der Waals surface area (Å²) in [7, 11) is -6.35. The van der Waals surface area contributed by atoms with E-state index in [0.717, 1.165) is 5.56 Å². The number of nitrogens with one attached hydrogen (secondary N) is 1. The average molecular weight is 436 g/mol. The van der Waals surface area contributed by atoms with Crippen LogP contribution in [0.2, 0.25) is 0 Å². The molecule has 9 heteroatoms. The minimum atomic E-state index is -3.93. The normalized spacial score (nSPS) is 13.2. The molecule has 1 aromatic heterocycles. The molecule has 0 aliphatic heterocycles. The summed E-state index contributed by atoms with van der Waals surface area (Å²) in [6.07, 6.45) is 1.35. The van der Waals surface area contributed by atoms with E-state index in [4.69, 9.17) is 9.15 Å². The Morgan fingerprint density at radius 2 is 1.55 bits per heavy atom. The molecule has 1 N–H and O–H groups in total. The van der Waals surface area contributed by atoms with Gasteiger partial charge in [-0.3, -0.25) is 0 Å². The first-order chi connectivity index (χ1) is 13.7. The molecular weight excluding hydrogens is 414 g/mol. The first-order valence-electron chi connectivity index (χ1n) is 8.72. The van der Waals surface area contributed by atoms with Gasteiger partial charge < -0.3 is 9.15 Å². The smallest absolute Gasteiger partial charge is 0.240 e. The third-order valence-electron chi connectivity index (χ3n) is 4.41. The van der Waals surface area contributed by atoms with Crippen molar-refractivity contribution in [2.45, 2.75) is 22.0 Å². The van der Waals surface area contributed by atoms with Crippen LogP contribution >= 0.6 is 0 Å². The maximum atomic E-state index is 13.2. The fraction of sp³-hybridized carbons (Fsp3) is 0.200. The molecule has 0 bridgehead atoms. The number of aryl methyl sites for hydroxylation is 1. The molecule has 3 aromatic rings. The number of sulfone groups is 1. The molecular formula is C20H21NO6S2. The number of furan rings is 1. The second-order valence-corrected chi connectivity index (χ2v) is 10.3.